The lowest BCUT2D eigenvalue weighted by Crippen LogP contribution is -2.16. The van der Waals surface area contributed by atoms with Gasteiger partial charge in [0.15, 0.2) is 0 Å². The summed E-state index contributed by atoms with van der Waals surface area (Å²) in [7, 11) is 0. The highest BCUT2D eigenvalue weighted by Gasteiger charge is 2.36. The van der Waals surface area contributed by atoms with E-state index in [4.69, 9.17) is 4.42 Å². The molecule has 9 aromatic rings. The van der Waals surface area contributed by atoms with Gasteiger partial charge >= 0.3 is 0 Å². The van der Waals surface area contributed by atoms with Gasteiger partial charge < -0.3 is 9.32 Å². The predicted octanol–water partition coefficient (Wildman–Crippen LogP) is 13.8. The average molecular weight is 654 g/mol. The van der Waals surface area contributed by atoms with Crippen LogP contribution in [0.5, 0.6) is 0 Å². The molecule has 1 aliphatic carbocycles. The van der Waals surface area contributed by atoms with Gasteiger partial charge in [0.25, 0.3) is 0 Å². The molecular weight excluding hydrogens is 619 g/mol. The molecule has 0 amide bonds. The first-order chi connectivity index (χ1) is 25.1. The third-order valence-corrected chi connectivity index (χ3v) is 10.8. The van der Waals surface area contributed by atoms with Crippen molar-refractivity contribution in [3.8, 4) is 33.4 Å². The monoisotopic (exact) mass is 653 g/mol. The van der Waals surface area contributed by atoms with Gasteiger partial charge in [-0.2, -0.15) is 0 Å². The Labute approximate surface area is 297 Å². The highest BCUT2D eigenvalue weighted by molar-refractivity contribution is 6.25. The molecule has 0 saturated carbocycles. The van der Waals surface area contributed by atoms with Gasteiger partial charge in [0.2, 0.25) is 0 Å². The molecule has 0 unspecified atom stereocenters. The minimum atomic E-state index is -0.127. The number of hydrogen-bond acceptors (Lipinski definition) is 2. The lowest BCUT2D eigenvalue weighted by Gasteiger charge is -2.29. The molecule has 10 rings (SSSR count). The van der Waals surface area contributed by atoms with Crippen LogP contribution >= 0.6 is 0 Å². The van der Waals surface area contributed by atoms with Crippen molar-refractivity contribution in [3.63, 3.8) is 0 Å². The van der Waals surface area contributed by atoms with Crippen LogP contribution in [0.15, 0.2) is 180 Å². The summed E-state index contributed by atoms with van der Waals surface area (Å²) < 4.78 is 6.80. The first-order valence-electron chi connectivity index (χ1n) is 17.7. The highest BCUT2D eigenvalue weighted by Crippen LogP contribution is 2.52. The van der Waals surface area contributed by atoms with Gasteiger partial charge in [-0.15, -0.1) is 0 Å². The van der Waals surface area contributed by atoms with E-state index in [9.17, 15) is 0 Å². The lowest BCUT2D eigenvalue weighted by molar-refractivity contribution is 0.660. The number of benzene rings is 8. The molecule has 1 aromatic heterocycles. The largest absolute Gasteiger partial charge is 0.456 e. The number of hydrogen-bond donors (Lipinski definition) is 0. The zero-order valence-corrected chi connectivity index (χ0v) is 28.6. The molecule has 0 aliphatic heterocycles. The maximum Gasteiger partial charge on any atom is 0.137 e. The normalized spacial score (nSPS) is 13.1. The van der Waals surface area contributed by atoms with Crippen LogP contribution in [0.3, 0.4) is 0 Å². The van der Waals surface area contributed by atoms with E-state index in [-0.39, 0.29) is 5.41 Å². The van der Waals surface area contributed by atoms with Crippen LogP contribution in [0, 0.1) is 0 Å². The Morgan fingerprint density at radius 2 is 1.06 bits per heavy atom. The van der Waals surface area contributed by atoms with E-state index >= 15 is 0 Å². The molecule has 0 N–H and O–H groups in total. The second-order valence-electron chi connectivity index (χ2n) is 14.1. The third-order valence-electron chi connectivity index (χ3n) is 10.8. The molecule has 8 aromatic carbocycles. The van der Waals surface area contributed by atoms with Crippen molar-refractivity contribution in [1.82, 2.24) is 0 Å². The van der Waals surface area contributed by atoms with Crippen molar-refractivity contribution < 1.29 is 4.42 Å². The van der Waals surface area contributed by atoms with Crippen LogP contribution in [0.4, 0.5) is 17.1 Å². The summed E-state index contributed by atoms with van der Waals surface area (Å²) in [6.07, 6.45) is 0. The Morgan fingerprint density at radius 1 is 0.412 bits per heavy atom. The summed E-state index contributed by atoms with van der Waals surface area (Å²) in [4.78, 5) is 2.43. The van der Waals surface area contributed by atoms with Gasteiger partial charge in [0.1, 0.15) is 11.2 Å². The second kappa shape index (κ2) is 11.3. The molecule has 0 saturated heterocycles. The molecule has 0 spiro atoms. The summed E-state index contributed by atoms with van der Waals surface area (Å²) in [6.45, 7) is 4.70. The smallest absolute Gasteiger partial charge is 0.137 e. The Bertz CT molecular complexity index is 2770. The fourth-order valence-electron chi connectivity index (χ4n) is 8.42. The quantitative estimate of drug-likeness (QED) is 0.184. The fraction of sp³-hybridized carbons (Fsp3) is 0.0612. The average Bonchev–Trinajstić information content (AvgIpc) is 3.68. The first kappa shape index (κ1) is 29.5. The molecule has 242 valence electrons. The zero-order chi connectivity index (χ0) is 34.1. The summed E-state index contributed by atoms with van der Waals surface area (Å²) >= 11 is 0. The van der Waals surface area contributed by atoms with E-state index in [1.165, 1.54) is 55.3 Å². The number of fused-ring (bicyclic) bond motifs is 8. The van der Waals surface area contributed by atoms with E-state index in [1.54, 1.807) is 0 Å². The second-order valence-corrected chi connectivity index (χ2v) is 14.1. The number of nitrogens with zero attached hydrogens (tertiary/aromatic N) is 1. The molecule has 1 aliphatic rings. The van der Waals surface area contributed by atoms with Gasteiger partial charge in [-0.25, -0.2) is 0 Å². The summed E-state index contributed by atoms with van der Waals surface area (Å²) in [5.41, 5.74) is 15.0. The zero-order valence-electron chi connectivity index (χ0n) is 28.6. The van der Waals surface area contributed by atoms with Crippen molar-refractivity contribution in [3.05, 3.63) is 187 Å². The predicted molar refractivity (Wildman–Crippen MR) is 214 cm³/mol. The third kappa shape index (κ3) is 4.57. The number of anilines is 3. The van der Waals surface area contributed by atoms with Gasteiger partial charge in [-0.05, 0) is 97.7 Å². The van der Waals surface area contributed by atoms with E-state index < -0.39 is 0 Å². The van der Waals surface area contributed by atoms with Crippen LogP contribution in [0.25, 0.3) is 66.1 Å². The van der Waals surface area contributed by atoms with Gasteiger partial charge in [-0.3, -0.25) is 0 Å². The van der Waals surface area contributed by atoms with E-state index in [0.717, 1.165) is 39.0 Å². The maximum atomic E-state index is 6.80. The van der Waals surface area contributed by atoms with Crippen molar-refractivity contribution in [1.29, 1.82) is 0 Å². The number of furan rings is 1. The molecule has 0 atom stereocenters. The SMILES string of the molecule is CC1(C)c2ccccc2-c2ccc(N(c3cccc(-c4ccccc4)c3)c3cccc4oc5cc(-c6ccccc6)c6ccccc6c5c34)cc21. The molecule has 0 radical (unpaired) electrons. The Hall–Kier alpha value is -6.38. The van der Waals surface area contributed by atoms with Crippen molar-refractivity contribution >= 4 is 49.8 Å². The lowest BCUT2D eigenvalue weighted by atomic mass is 9.82. The Kier molecular flexibility index (Phi) is 6.56. The van der Waals surface area contributed by atoms with Gasteiger partial charge in [-0.1, -0.05) is 147 Å². The van der Waals surface area contributed by atoms with Crippen LogP contribution in [-0.4, -0.2) is 0 Å². The van der Waals surface area contributed by atoms with Crippen LogP contribution < -0.4 is 4.90 Å². The van der Waals surface area contributed by atoms with Crippen molar-refractivity contribution in [2.75, 3.05) is 4.90 Å². The maximum absolute atomic E-state index is 6.80. The molecule has 2 heteroatoms. The van der Waals surface area contributed by atoms with Crippen molar-refractivity contribution in [2.24, 2.45) is 0 Å². The molecule has 1 heterocycles. The van der Waals surface area contributed by atoms with E-state index in [0.29, 0.717) is 0 Å². The summed E-state index contributed by atoms with van der Waals surface area (Å²) in [6, 6.07) is 63.5. The Balaban J connectivity index is 1.26. The fourth-order valence-corrected chi connectivity index (χ4v) is 8.42. The molecular formula is C49H35NO. The minimum Gasteiger partial charge on any atom is -0.456 e. The minimum absolute atomic E-state index is 0.127. The number of rotatable bonds is 5. The van der Waals surface area contributed by atoms with Gasteiger partial charge in [0, 0.05) is 22.2 Å². The topological polar surface area (TPSA) is 16.4 Å². The first-order valence-corrected chi connectivity index (χ1v) is 17.7. The Morgan fingerprint density at radius 3 is 1.88 bits per heavy atom. The standard InChI is InChI=1S/C49H35NO/c1-49(2)42-24-12-11-22-38(42)39-28-27-36(30-43(39)49)50(35-20-13-19-34(29-35)32-15-5-3-6-16-32)44-25-14-26-45-48(44)47-40-23-10-9-21-37(40)41(31-46(47)51-45)33-17-7-4-8-18-33/h3-31H,1-2H3. The van der Waals surface area contributed by atoms with Gasteiger partial charge in [0.05, 0.1) is 11.1 Å². The highest BCUT2D eigenvalue weighted by atomic mass is 16.3. The molecule has 0 bridgehead atoms. The van der Waals surface area contributed by atoms with Crippen molar-refractivity contribution in [2.45, 2.75) is 19.3 Å². The molecule has 2 nitrogen and oxygen atoms in total. The van der Waals surface area contributed by atoms with Crippen LogP contribution in [0.1, 0.15) is 25.0 Å². The van der Waals surface area contributed by atoms with E-state index in [2.05, 4.69) is 195 Å². The summed E-state index contributed by atoms with van der Waals surface area (Å²) in [5, 5.41) is 4.64. The van der Waals surface area contributed by atoms with Crippen LogP contribution in [0.2, 0.25) is 0 Å². The van der Waals surface area contributed by atoms with Crippen LogP contribution in [-0.2, 0) is 5.41 Å². The molecule has 51 heavy (non-hydrogen) atoms. The van der Waals surface area contributed by atoms with E-state index in [1.807, 2.05) is 0 Å². The summed E-state index contributed by atoms with van der Waals surface area (Å²) in [5.74, 6) is 0. The molecule has 0 fully saturated rings.